The largest absolute Gasteiger partial charge is 0.368 e. The van der Waals surface area contributed by atoms with E-state index in [0.717, 1.165) is 6.42 Å². The van der Waals surface area contributed by atoms with Crippen molar-refractivity contribution in [3.05, 3.63) is 0 Å². The second-order valence-electron chi connectivity index (χ2n) is 2.06. The van der Waals surface area contributed by atoms with Gasteiger partial charge in [0.25, 0.3) is 0 Å². The molecule has 0 bridgehead atoms. The molecule has 0 aromatic heterocycles. The Morgan fingerprint density at radius 2 is 2.20 bits per heavy atom. The lowest BCUT2D eigenvalue weighted by atomic mass is 10.6. The minimum Gasteiger partial charge on any atom is -0.368 e. The topological polar surface area (TPSA) is 54.0 Å². The molecule has 0 aromatic rings. The summed E-state index contributed by atoms with van der Waals surface area (Å²) in [5.41, 5.74) is 5.42. The molecule has 0 aliphatic heterocycles. The fraction of sp³-hybridized carbons (Fsp3) is 0.667. The molecule has 0 aliphatic carbocycles. The van der Waals surface area contributed by atoms with E-state index in [1.165, 1.54) is 0 Å². The van der Waals surface area contributed by atoms with Gasteiger partial charge in [-0.3, -0.25) is 0 Å². The molecule has 0 aromatic carbocycles. The van der Waals surface area contributed by atoms with Crippen LogP contribution in [-0.2, 0) is 0 Å². The summed E-state index contributed by atoms with van der Waals surface area (Å²) in [7, 11) is 3.64. The Balaban J connectivity index is 3.79. The van der Waals surface area contributed by atoms with Gasteiger partial charge in [0.05, 0.1) is 0 Å². The van der Waals surface area contributed by atoms with Crippen LogP contribution in [0.1, 0.15) is 13.3 Å². The van der Waals surface area contributed by atoms with E-state index in [2.05, 4.69) is 10.2 Å². The summed E-state index contributed by atoms with van der Waals surface area (Å²) in [4.78, 5) is 1.70. The Morgan fingerprint density at radius 3 is 2.60 bits per heavy atom. The average Bonchev–Trinajstić information content (AvgIpc) is 1.88. The molecule has 4 heteroatoms. The maximum atomic E-state index is 5.42. The van der Waals surface area contributed by atoms with Crippen molar-refractivity contribution in [2.24, 2.45) is 15.9 Å². The molecule has 0 fully saturated rings. The van der Waals surface area contributed by atoms with Gasteiger partial charge in [-0.25, -0.2) is 0 Å². The summed E-state index contributed by atoms with van der Waals surface area (Å²) < 4.78 is 0. The number of hydrogen-bond acceptors (Lipinski definition) is 2. The average molecular weight is 142 g/mol. The molecule has 58 valence electrons. The molecule has 0 radical (unpaired) electrons. The first-order chi connectivity index (χ1) is 4.68. The van der Waals surface area contributed by atoms with Gasteiger partial charge >= 0.3 is 0 Å². The van der Waals surface area contributed by atoms with E-state index >= 15 is 0 Å². The van der Waals surface area contributed by atoms with Gasteiger partial charge in [-0.2, -0.15) is 5.10 Å². The van der Waals surface area contributed by atoms with Crippen molar-refractivity contribution in [1.29, 1.82) is 0 Å². The van der Waals surface area contributed by atoms with Gasteiger partial charge in [-0.15, -0.1) is 5.10 Å². The van der Waals surface area contributed by atoms with Crippen LogP contribution in [0.4, 0.5) is 0 Å². The van der Waals surface area contributed by atoms with Gasteiger partial charge in [0.2, 0.25) is 5.96 Å². The lowest BCUT2D eigenvalue weighted by molar-refractivity contribution is 0.611. The number of hydrogen-bond donors (Lipinski definition) is 1. The smallest absolute Gasteiger partial charge is 0.215 e. The third-order valence-corrected chi connectivity index (χ3v) is 0.883. The van der Waals surface area contributed by atoms with E-state index in [4.69, 9.17) is 5.73 Å². The van der Waals surface area contributed by atoms with Gasteiger partial charge < -0.3 is 10.6 Å². The van der Waals surface area contributed by atoms with E-state index in [9.17, 15) is 0 Å². The summed E-state index contributed by atoms with van der Waals surface area (Å²) in [5, 5.41) is 7.41. The minimum atomic E-state index is 0.421. The zero-order valence-corrected chi connectivity index (χ0v) is 6.70. The van der Waals surface area contributed by atoms with E-state index < -0.39 is 0 Å². The third kappa shape index (κ3) is 3.88. The Labute approximate surface area is 61.4 Å². The molecule has 0 saturated carbocycles. The first kappa shape index (κ1) is 8.94. The van der Waals surface area contributed by atoms with E-state index in [1.807, 2.05) is 21.0 Å². The molecule has 0 unspecified atom stereocenters. The van der Waals surface area contributed by atoms with Crippen molar-refractivity contribution < 1.29 is 0 Å². The Bertz CT molecular complexity index is 137. The summed E-state index contributed by atoms with van der Waals surface area (Å²) in [6.45, 7) is 1.99. The molecule has 0 atom stereocenters. The summed E-state index contributed by atoms with van der Waals surface area (Å²) in [5.74, 6) is 0.421. The molecule has 4 nitrogen and oxygen atoms in total. The number of guanidine groups is 1. The lowest BCUT2D eigenvalue weighted by Gasteiger charge is -2.07. The van der Waals surface area contributed by atoms with Crippen LogP contribution in [0.15, 0.2) is 10.2 Å². The first-order valence-corrected chi connectivity index (χ1v) is 3.20. The van der Waals surface area contributed by atoms with Crippen LogP contribution < -0.4 is 5.73 Å². The zero-order valence-electron chi connectivity index (χ0n) is 6.70. The van der Waals surface area contributed by atoms with Gasteiger partial charge in [0.15, 0.2) is 0 Å². The highest BCUT2D eigenvalue weighted by Crippen LogP contribution is 1.77. The first-order valence-electron chi connectivity index (χ1n) is 3.20. The van der Waals surface area contributed by atoms with Crippen molar-refractivity contribution in [2.45, 2.75) is 13.3 Å². The lowest BCUT2D eigenvalue weighted by Crippen LogP contribution is -2.29. The monoisotopic (exact) mass is 142 g/mol. The highest BCUT2D eigenvalue weighted by molar-refractivity contribution is 5.77. The summed E-state index contributed by atoms with van der Waals surface area (Å²) in [6, 6.07) is 0. The van der Waals surface area contributed by atoms with Crippen LogP contribution >= 0.6 is 0 Å². The fourth-order valence-corrected chi connectivity index (χ4v) is 0.271. The summed E-state index contributed by atoms with van der Waals surface area (Å²) >= 11 is 0. The van der Waals surface area contributed by atoms with E-state index in [-0.39, 0.29) is 0 Å². The Hall–Kier alpha value is -1.06. The van der Waals surface area contributed by atoms with Crippen LogP contribution in [0.5, 0.6) is 0 Å². The van der Waals surface area contributed by atoms with Crippen molar-refractivity contribution in [3.63, 3.8) is 0 Å². The predicted molar refractivity (Wildman–Crippen MR) is 44.1 cm³/mol. The van der Waals surface area contributed by atoms with Crippen LogP contribution in [0.3, 0.4) is 0 Å². The minimum absolute atomic E-state index is 0.421. The normalized spacial score (nSPS) is 12.5. The molecule has 10 heavy (non-hydrogen) atoms. The van der Waals surface area contributed by atoms with Gasteiger partial charge in [-0.1, -0.05) is 6.92 Å². The quantitative estimate of drug-likeness (QED) is 0.341. The van der Waals surface area contributed by atoms with Crippen molar-refractivity contribution in [3.8, 4) is 0 Å². The van der Waals surface area contributed by atoms with Crippen LogP contribution in [-0.4, -0.2) is 31.2 Å². The molecule has 0 saturated heterocycles. The number of nitrogens with two attached hydrogens (primary N) is 1. The molecular formula is C6H14N4. The Kier molecular flexibility index (Phi) is 4.28. The predicted octanol–water partition coefficient (Wildman–Crippen LogP) is 0.259. The molecule has 2 N–H and O–H groups in total. The highest BCUT2D eigenvalue weighted by Gasteiger charge is 1.89. The second kappa shape index (κ2) is 4.78. The molecule has 0 aliphatic rings. The molecular weight excluding hydrogens is 128 g/mol. The van der Waals surface area contributed by atoms with Gasteiger partial charge in [0.1, 0.15) is 0 Å². The zero-order chi connectivity index (χ0) is 7.98. The van der Waals surface area contributed by atoms with Crippen LogP contribution in [0.25, 0.3) is 0 Å². The van der Waals surface area contributed by atoms with Gasteiger partial charge in [0, 0.05) is 20.3 Å². The van der Waals surface area contributed by atoms with Crippen molar-refractivity contribution in [2.75, 3.05) is 14.1 Å². The number of rotatable bonds is 2. The molecule has 0 spiro atoms. The van der Waals surface area contributed by atoms with Crippen molar-refractivity contribution >= 4 is 12.2 Å². The van der Waals surface area contributed by atoms with Crippen LogP contribution in [0.2, 0.25) is 0 Å². The van der Waals surface area contributed by atoms with Crippen molar-refractivity contribution in [1.82, 2.24) is 4.90 Å². The number of nitrogens with zero attached hydrogens (tertiary/aromatic N) is 3. The van der Waals surface area contributed by atoms with Gasteiger partial charge in [-0.05, 0) is 6.42 Å². The van der Waals surface area contributed by atoms with E-state index in [0.29, 0.717) is 5.96 Å². The summed E-state index contributed by atoms with van der Waals surface area (Å²) in [6.07, 6.45) is 2.58. The maximum absolute atomic E-state index is 5.42. The SMILES string of the molecule is CC/C=N/N=C(\N)N(C)C. The second-order valence-corrected chi connectivity index (χ2v) is 2.06. The fourth-order valence-electron chi connectivity index (χ4n) is 0.271. The van der Waals surface area contributed by atoms with Crippen LogP contribution in [0, 0.1) is 0 Å². The molecule has 0 heterocycles. The third-order valence-electron chi connectivity index (χ3n) is 0.883. The van der Waals surface area contributed by atoms with E-state index in [1.54, 1.807) is 11.1 Å². The Morgan fingerprint density at radius 1 is 1.60 bits per heavy atom. The molecule has 0 amide bonds. The maximum Gasteiger partial charge on any atom is 0.215 e. The standard InChI is InChI=1S/C6H14N4/c1-4-5-8-9-6(7)10(2)3/h5H,4H2,1-3H3,(H2,7,9)/b8-5+. The highest BCUT2D eigenvalue weighted by atomic mass is 15.3. The molecule has 0 rings (SSSR count).